The maximum absolute atomic E-state index is 10.8. The summed E-state index contributed by atoms with van der Waals surface area (Å²) in [6.45, 7) is 2.18. The number of nitrogens with zero attached hydrogens (tertiary/aromatic N) is 3. The first-order valence-corrected chi connectivity index (χ1v) is 7.83. The summed E-state index contributed by atoms with van der Waals surface area (Å²) in [6.07, 6.45) is 5.51. The van der Waals surface area contributed by atoms with E-state index in [2.05, 4.69) is 21.5 Å². The molecule has 1 saturated carbocycles. The molecule has 2 heterocycles. The Morgan fingerprint density at radius 3 is 3.05 bits per heavy atom. The molecule has 0 aromatic carbocycles. The summed E-state index contributed by atoms with van der Waals surface area (Å²) in [5, 5.41) is 9.64. The maximum Gasteiger partial charge on any atom is 0.313 e. The van der Waals surface area contributed by atoms with Crippen LogP contribution in [0.25, 0.3) is 11.2 Å². The second kappa shape index (κ2) is 5.44. The van der Waals surface area contributed by atoms with Crippen molar-refractivity contribution in [1.29, 1.82) is 0 Å². The van der Waals surface area contributed by atoms with Gasteiger partial charge in [0, 0.05) is 12.2 Å². The molecule has 0 amide bonds. The second-order valence-corrected chi connectivity index (χ2v) is 6.17. The van der Waals surface area contributed by atoms with Gasteiger partial charge in [-0.15, -0.1) is 0 Å². The van der Waals surface area contributed by atoms with E-state index >= 15 is 0 Å². The first kappa shape index (κ1) is 13.4. The normalized spacial score (nSPS) is 17.1. The number of thioether (sulfide) groups is 1. The number of fused-ring (bicyclic) bond motifs is 1. The highest BCUT2D eigenvalue weighted by molar-refractivity contribution is 7.99. The number of carbonyl (C=O) groups is 1. The van der Waals surface area contributed by atoms with Crippen LogP contribution in [0.5, 0.6) is 0 Å². The molecule has 1 unspecified atom stereocenters. The zero-order chi connectivity index (χ0) is 14.1. The lowest BCUT2D eigenvalue weighted by atomic mass is 9.80. The number of carboxylic acids is 1. The van der Waals surface area contributed by atoms with Crippen molar-refractivity contribution in [1.82, 2.24) is 14.5 Å². The van der Waals surface area contributed by atoms with Crippen molar-refractivity contribution in [3.63, 3.8) is 0 Å². The summed E-state index contributed by atoms with van der Waals surface area (Å²) >= 11 is 1.27. The summed E-state index contributed by atoms with van der Waals surface area (Å²) in [4.78, 5) is 19.8. The molecule has 1 aliphatic carbocycles. The van der Waals surface area contributed by atoms with Gasteiger partial charge in [-0.3, -0.25) is 4.79 Å². The highest BCUT2D eigenvalue weighted by atomic mass is 32.2. The molecule has 2 aromatic heterocycles. The third-order valence-electron chi connectivity index (χ3n) is 3.98. The summed E-state index contributed by atoms with van der Waals surface area (Å²) in [6, 6.07) is 4.11. The Hall–Kier alpha value is -1.56. The fourth-order valence-corrected chi connectivity index (χ4v) is 3.44. The number of rotatable bonds is 5. The van der Waals surface area contributed by atoms with Gasteiger partial charge < -0.3 is 9.67 Å². The highest BCUT2D eigenvalue weighted by Gasteiger charge is 2.28. The number of hydrogen-bond donors (Lipinski definition) is 1. The van der Waals surface area contributed by atoms with Crippen LogP contribution in [-0.4, -0.2) is 31.4 Å². The van der Waals surface area contributed by atoms with Gasteiger partial charge in [0.2, 0.25) is 0 Å². The van der Waals surface area contributed by atoms with Crippen LogP contribution in [0.2, 0.25) is 0 Å². The monoisotopic (exact) mass is 291 g/mol. The molecule has 0 bridgehead atoms. The van der Waals surface area contributed by atoms with Gasteiger partial charge in [-0.25, -0.2) is 9.97 Å². The molecule has 1 fully saturated rings. The minimum absolute atomic E-state index is 0.0285. The first-order valence-electron chi connectivity index (χ1n) is 6.84. The molecule has 1 N–H and O–H groups in total. The quantitative estimate of drug-likeness (QED) is 0.858. The van der Waals surface area contributed by atoms with E-state index in [1.807, 2.05) is 12.1 Å². The number of aliphatic carboxylic acids is 1. The van der Waals surface area contributed by atoms with Crippen LogP contribution < -0.4 is 0 Å². The van der Waals surface area contributed by atoms with Gasteiger partial charge in [0.25, 0.3) is 0 Å². The average molecular weight is 291 g/mol. The van der Waals surface area contributed by atoms with Crippen molar-refractivity contribution in [3.8, 4) is 0 Å². The molecule has 5 nitrogen and oxygen atoms in total. The predicted molar refractivity (Wildman–Crippen MR) is 77.9 cm³/mol. The van der Waals surface area contributed by atoms with Crippen LogP contribution in [-0.2, 0) is 4.79 Å². The van der Waals surface area contributed by atoms with Crippen LogP contribution in [0.1, 0.15) is 32.2 Å². The molecular formula is C14H17N3O2S. The van der Waals surface area contributed by atoms with Crippen LogP contribution in [0.15, 0.2) is 23.5 Å². The van der Waals surface area contributed by atoms with Gasteiger partial charge >= 0.3 is 5.97 Å². The Morgan fingerprint density at radius 1 is 1.60 bits per heavy atom. The van der Waals surface area contributed by atoms with E-state index in [4.69, 9.17) is 5.11 Å². The zero-order valence-corrected chi connectivity index (χ0v) is 12.1. The number of carboxylic acid groups (broad SMARTS) is 1. The smallest absolute Gasteiger partial charge is 0.313 e. The molecule has 0 spiro atoms. The number of hydrogen-bond acceptors (Lipinski definition) is 4. The Bertz CT molecular complexity index is 636. The minimum Gasteiger partial charge on any atom is -0.481 e. The number of imidazole rings is 1. The zero-order valence-electron chi connectivity index (χ0n) is 11.3. The Kier molecular flexibility index (Phi) is 3.65. The van der Waals surface area contributed by atoms with Crippen molar-refractivity contribution in [2.24, 2.45) is 5.92 Å². The summed E-state index contributed by atoms with van der Waals surface area (Å²) < 4.78 is 2.12. The molecule has 0 saturated heterocycles. The number of aromatic nitrogens is 3. The van der Waals surface area contributed by atoms with Crippen LogP contribution in [0.3, 0.4) is 0 Å². The van der Waals surface area contributed by atoms with E-state index in [1.54, 1.807) is 6.20 Å². The van der Waals surface area contributed by atoms with Crippen molar-refractivity contribution in [3.05, 3.63) is 18.3 Å². The summed E-state index contributed by atoms with van der Waals surface area (Å²) in [7, 11) is 0. The van der Waals surface area contributed by atoms with Gasteiger partial charge in [-0.2, -0.15) is 0 Å². The van der Waals surface area contributed by atoms with Crippen molar-refractivity contribution in [2.75, 3.05) is 5.75 Å². The second-order valence-electron chi connectivity index (χ2n) is 5.22. The largest absolute Gasteiger partial charge is 0.481 e. The Labute approximate surface area is 121 Å². The van der Waals surface area contributed by atoms with Crippen molar-refractivity contribution in [2.45, 2.75) is 37.4 Å². The lowest BCUT2D eigenvalue weighted by Crippen LogP contribution is -2.23. The lowest BCUT2D eigenvalue weighted by molar-refractivity contribution is -0.133. The molecule has 6 heteroatoms. The van der Waals surface area contributed by atoms with Gasteiger partial charge in [0.15, 0.2) is 10.8 Å². The fourth-order valence-electron chi connectivity index (χ4n) is 2.64. The molecule has 20 heavy (non-hydrogen) atoms. The van der Waals surface area contributed by atoms with E-state index in [9.17, 15) is 4.79 Å². The van der Waals surface area contributed by atoms with E-state index < -0.39 is 5.97 Å². The van der Waals surface area contributed by atoms with Gasteiger partial charge in [0.1, 0.15) is 5.52 Å². The summed E-state index contributed by atoms with van der Waals surface area (Å²) in [5.74, 6) is -0.141. The van der Waals surface area contributed by atoms with Crippen LogP contribution in [0.4, 0.5) is 0 Å². The maximum atomic E-state index is 10.8. The average Bonchev–Trinajstić information content (AvgIpc) is 2.72. The lowest BCUT2D eigenvalue weighted by Gasteiger charge is -2.33. The molecular weight excluding hydrogens is 274 g/mol. The Morgan fingerprint density at radius 2 is 2.40 bits per heavy atom. The van der Waals surface area contributed by atoms with E-state index in [0.29, 0.717) is 12.0 Å². The molecule has 1 aliphatic rings. The molecule has 0 radical (unpaired) electrons. The molecule has 1 atom stereocenters. The molecule has 2 aromatic rings. The highest BCUT2D eigenvalue weighted by Crippen LogP contribution is 2.39. The van der Waals surface area contributed by atoms with E-state index in [0.717, 1.165) is 16.3 Å². The topological polar surface area (TPSA) is 68.0 Å². The molecule has 0 aliphatic heterocycles. The molecule has 106 valence electrons. The van der Waals surface area contributed by atoms with Gasteiger partial charge in [-0.05, 0) is 37.8 Å². The molecule has 3 rings (SSSR count). The van der Waals surface area contributed by atoms with Gasteiger partial charge in [0.05, 0.1) is 5.75 Å². The summed E-state index contributed by atoms with van der Waals surface area (Å²) in [5.41, 5.74) is 1.70. The Balaban J connectivity index is 2.00. The predicted octanol–water partition coefficient (Wildman–Crippen LogP) is 2.97. The van der Waals surface area contributed by atoms with Crippen molar-refractivity contribution >= 4 is 28.9 Å². The van der Waals surface area contributed by atoms with Crippen molar-refractivity contribution < 1.29 is 9.90 Å². The van der Waals surface area contributed by atoms with Crippen LogP contribution >= 0.6 is 11.8 Å². The minimum atomic E-state index is -0.821. The van der Waals surface area contributed by atoms with E-state index in [-0.39, 0.29) is 5.75 Å². The third-order valence-corrected chi connectivity index (χ3v) is 4.92. The third kappa shape index (κ3) is 2.40. The number of pyridine rings is 1. The standard InChI is InChI=1S/C14H17N3O2S/c1-9(10-4-2-5-10)17-13-11(6-3-7-15-13)16-14(17)20-8-12(18)19/h3,6-7,9-10H,2,4-5,8H2,1H3,(H,18,19). The fraction of sp³-hybridized carbons (Fsp3) is 0.500. The van der Waals surface area contributed by atoms with E-state index in [1.165, 1.54) is 31.0 Å². The SMILES string of the molecule is CC(C1CCC1)n1c(SCC(=O)O)nc2cccnc21. The van der Waals surface area contributed by atoms with Gasteiger partial charge in [-0.1, -0.05) is 18.2 Å². The first-order chi connectivity index (χ1) is 9.66. The van der Waals surface area contributed by atoms with Crippen LogP contribution in [0, 0.1) is 5.92 Å².